The number of para-hydroxylation sites is 1. The molecular weight excluding hydrogens is 608 g/mol. The second-order valence-corrected chi connectivity index (χ2v) is 15.0. The molecule has 1 unspecified atom stereocenters. The Morgan fingerprint density at radius 2 is 1.33 bits per heavy atom. The van der Waals surface area contributed by atoms with Crippen molar-refractivity contribution in [2.75, 3.05) is 5.32 Å². The summed E-state index contributed by atoms with van der Waals surface area (Å²) in [7, 11) is 0. The number of benzene rings is 5. The van der Waals surface area contributed by atoms with Gasteiger partial charge in [0.05, 0.1) is 0 Å². The summed E-state index contributed by atoms with van der Waals surface area (Å²) in [5, 5.41) is 16.9. The quantitative estimate of drug-likeness (QED) is 0.187. The van der Waals surface area contributed by atoms with Crippen LogP contribution in [-0.4, -0.2) is 22.6 Å². The van der Waals surface area contributed by atoms with Crippen molar-refractivity contribution in [2.24, 2.45) is 0 Å². The lowest BCUT2D eigenvalue weighted by atomic mass is 9.78. The zero-order valence-corrected chi connectivity index (χ0v) is 28.6. The van der Waals surface area contributed by atoms with E-state index in [0.29, 0.717) is 44.7 Å². The van der Waals surface area contributed by atoms with Crippen LogP contribution in [0.3, 0.4) is 0 Å². The molecule has 6 aromatic rings. The Morgan fingerprint density at radius 1 is 0.694 bits per heavy atom. The molecule has 0 saturated heterocycles. The number of aromatic hydroxyl groups is 1. The minimum absolute atomic E-state index is 0.204. The molecule has 1 aliphatic rings. The number of anilines is 1. The smallest absolute Gasteiger partial charge is 0.255 e. The number of H-pyrrole nitrogens is 1. The molecule has 0 aliphatic heterocycles. The predicted octanol–water partition coefficient (Wildman–Crippen LogP) is 9.19. The standard InChI is InChI=1S/C43H38N2O4/c1-42(2,3)30-22-27(23-31(39(30)47)43(4,5)6)41(49)45-33-18-12-16-25-19-20-32(44-37(25)33)36-38(46)29-21-26-15-10-11-17-28(26)34(35(29)40(36)48)24-13-8-7-9-14-24/h7-23,36,47H,1-6H3,(H,45,49)/p+1. The van der Waals surface area contributed by atoms with Gasteiger partial charge in [0.2, 0.25) is 5.52 Å². The SMILES string of the molecule is CC(C)(C)c1cc(C(=O)Nc2cccc3ccc(C4C(=O)c5cc6ccccc6c(-c6ccccc6)c5C4=O)[nH+]c23)cc(C(C)(C)C)c1O. The van der Waals surface area contributed by atoms with E-state index in [1.54, 1.807) is 24.3 Å². The van der Waals surface area contributed by atoms with E-state index in [2.05, 4.69) is 10.3 Å². The molecule has 6 nitrogen and oxygen atoms in total. The zero-order valence-electron chi connectivity index (χ0n) is 28.6. The molecule has 1 aliphatic carbocycles. The van der Waals surface area contributed by atoms with E-state index in [1.165, 1.54) is 0 Å². The van der Waals surface area contributed by atoms with Gasteiger partial charge in [0.15, 0.2) is 23.2 Å². The van der Waals surface area contributed by atoms with E-state index in [1.807, 2.05) is 120 Å². The van der Waals surface area contributed by atoms with Crippen molar-refractivity contribution >= 4 is 44.8 Å². The average Bonchev–Trinajstić information content (AvgIpc) is 3.31. The molecule has 5 aromatic carbocycles. The van der Waals surface area contributed by atoms with E-state index in [9.17, 15) is 19.5 Å². The van der Waals surface area contributed by atoms with Gasteiger partial charge in [0.1, 0.15) is 11.4 Å². The number of fused-ring (bicyclic) bond motifs is 3. The summed E-state index contributed by atoms with van der Waals surface area (Å²) in [6.45, 7) is 12.0. The molecule has 0 radical (unpaired) electrons. The molecule has 0 spiro atoms. The minimum atomic E-state index is -1.05. The number of amides is 1. The van der Waals surface area contributed by atoms with Crippen molar-refractivity contribution in [3.05, 3.63) is 137 Å². The molecule has 1 amide bonds. The van der Waals surface area contributed by atoms with Crippen LogP contribution in [-0.2, 0) is 10.8 Å². The third-order valence-corrected chi connectivity index (χ3v) is 9.50. The van der Waals surface area contributed by atoms with Crippen LogP contribution in [0.15, 0.2) is 103 Å². The van der Waals surface area contributed by atoms with E-state index < -0.39 is 16.7 Å². The first-order valence-electron chi connectivity index (χ1n) is 16.6. The molecule has 244 valence electrons. The molecule has 7 rings (SSSR count). The first-order valence-corrected chi connectivity index (χ1v) is 16.6. The van der Waals surface area contributed by atoms with Crippen molar-refractivity contribution in [1.82, 2.24) is 0 Å². The monoisotopic (exact) mass is 647 g/mol. The van der Waals surface area contributed by atoms with Crippen molar-refractivity contribution in [3.63, 3.8) is 0 Å². The number of aromatic nitrogens is 1. The van der Waals surface area contributed by atoms with Gasteiger partial charge in [0, 0.05) is 44.8 Å². The molecule has 0 fully saturated rings. The number of Topliss-reactive ketones (excluding diaryl/α,β-unsaturated/α-hetero) is 2. The number of nitrogens with one attached hydrogen (secondary N) is 2. The lowest BCUT2D eigenvalue weighted by Crippen LogP contribution is -2.25. The van der Waals surface area contributed by atoms with E-state index in [4.69, 9.17) is 0 Å². The lowest BCUT2D eigenvalue weighted by Gasteiger charge is -2.28. The molecule has 3 N–H and O–H groups in total. The third kappa shape index (κ3) is 5.47. The van der Waals surface area contributed by atoms with Gasteiger partial charge >= 0.3 is 0 Å². The Bertz CT molecular complexity index is 2310. The summed E-state index contributed by atoms with van der Waals surface area (Å²) in [6, 6.07) is 32.1. The molecule has 1 heterocycles. The van der Waals surface area contributed by atoms with Gasteiger partial charge in [-0.1, -0.05) is 102 Å². The first-order chi connectivity index (χ1) is 23.2. The number of carbonyl (C=O) groups is 3. The number of rotatable bonds is 4. The van der Waals surface area contributed by atoms with Crippen LogP contribution in [0, 0.1) is 0 Å². The number of phenolic OH excluding ortho intramolecular Hbond substituents is 1. The van der Waals surface area contributed by atoms with Gasteiger partial charge in [-0.05, 0) is 63.6 Å². The van der Waals surface area contributed by atoms with Gasteiger partial charge in [-0.25, -0.2) is 4.98 Å². The molecule has 49 heavy (non-hydrogen) atoms. The van der Waals surface area contributed by atoms with Gasteiger partial charge in [-0.15, -0.1) is 0 Å². The number of phenols is 1. The van der Waals surface area contributed by atoms with Crippen LogP contribution < -0.4 is 10.3 Å². The summed E-state index contributed by atoms with van der Waals surface area (Å²) in [6.07, 6.45) is 0. The lowest BCUT2D eigenvalue weighted by molar-refractivity contribution is -0.356. The summed E-state index contributed by atoms with van der Waals surface area (Å²) in [5.41, 5.74) is 5.09. The molecule has 1 atom stereocenters. The largest absolute Gasteiger partial charge is 0.507 e. The molecular formula is C43H39N2O4+. The topological polar surface area (TPSA) is 97.6 Å². The molecule has 0 bridgehead atoms. The average molecular weight is 648 g/mol. The first kappa shape index (κ1) is 32.0. The van der Waals surface area contributed by atoms with Gasteiger partial charge < -0.3 is 10.4 Å². The van der Waals surface area contributed by atoms with Crippen molar-refractivity contribution < 1.29 is 24.5 Å². The summed E-state index contributed by atoms with van der Waals surface area (Å²) < 4.78 is 0. The second-order valence-electron chi connectivity index (χ2n) is 15.0. The van der Waals surface area contributed by atoms with Crippen molar-refractivity contribution in [1.29, 1.82) is 0 Å². The van der Waals surface area contributed by atoms with Crippen LogP contribution >= 0.6 is 0 Å². The fourth-order valence-electron chi connectivity index (χ4n) is 6.99. The van der Waals surface area contributed by atoms with Gasteiger partial charge in [-0.3, -0.25) is 14.4 Å². The fraction of sp³-hybridized carbons (Fsp3) is 0.209. The van der Waals surface area contributed by atoms with Crippen LogP contribution in [0.1, 0.15) is 95.4 Å². The normalized spacial score (nSPS) is 14.8. The highest BCUT2D eigenvalue weighted by Crippen LogP contribution is 2.43. The number of carbonyl (C=O) groups excluding carboxylic acids is 3. The van der Waals surface area contributed by atoms with Crippen LogP contribution in [0.2, 0.25) is 0 Å². The highest BCUT2D eigenvalue weighted by atomic mass is 16.3. The Morgan fingerprint density at radius 3 is 2.00 bits per heavy atom. The zero-order chi connectivity index (χ0) is 34.8. The second kappa shape index (κ2) is 11.5. The fourth-order valence-corrected chi connectivity index (χ4v) is 6.99. The highest BCUT2D eigenvalue weighted by molar-refractivity contribution is 6.33. The predicted molar refractivity (Wildman–Crippen MR) is 195 cm³/mol. The Kier molecular flexibility index (Phi) is 7.51. The molecule has 0 saturated carbocycles. The molecule has 1 aromatic heterocycles. The Balaban J connectivity index is 1.31. The molecule has 6 heteroatoms. The Labute approximate surface area is 285 Å². The van der Waals surface area contributed by atoms with Crippen LogP contribution in [0.25, 0.3) is 32.8 Å². The summed E-state index contributed by atoms with van der Waals surface area (Å²) >= 11 is 0. The van der Waals surface area contributed by atoms with Crippen LogP contribution in [0.4, 0.5) is 5.69 Å². The van der Waals surface area contributed by atoms with E-state index in [0.717, 1.165) is 27.3 Å². The van der Waals surface area contributed by atoms with Gasteiger partial charge in [-0.2, -0.15) is 0 Å². The maximum absolute atomic E-state index is 14.4. The third-order valence-electron chi connectivity index (χ3n) is 9.50. The maximum atomic E-state index is 14.4. The van der Waals surface area contributed by atoms with Crippen LogP contribution in [0.5, 0.6) is 5.75 Å². The number of hydrogen-bond acceptors (Lipinski definition) is 4. The highest BCUT2D eigenvalue weighted by Gasteiger charge is 2.45. The van der Waals surface area contributed by atoms with E-state index >= 15 is 0 Å². The summed E-state index contributed by atoms with van der Waals surface area (Å²) in [5.74, 6) is -1.69. The number of hydrogen-bond donors (Lipinski definition) is 2. The van der Waals surface area contributed by atoms with E-state index in [-0.39, 0.29) is 23.2 Å². The van der Waals surface area contributed by atoms with Crippen molar-refractivity contribution in [2.45, 2.75) is 58.3 Å². The Hall–Kier alpha value is -5.62. The maximum Gasteiger partial charge on any atom is 0.255 e. The number of pyridine rings is 1. The number of aromatic amines is 1. The van der Waals surface area contributed by atoms with Gasteiger partial charge in [0.25, 0.3) is 5.91 Å². The van der Waals surface area contributed by atoms with Crippen molar-refractivity contribution in [3.8, 4) is 16.9 Å². The minimum Gasteiger partial charge on any atom is -0.507 e. The number of ketones is 2. The summed E-state index contributed by atoms with van der Waals surface area (Å²) in [4.78, 5) is 45.8.